The Hall–Kier alpha value is -2.63. The Bertz CT molecular complexity index is 704. The molecule has 2 aromatic rings. The van der Waals surface area contributed by atoms with Gasteiger partial charge in [-0.2, -0.15) is 0 Å². The van der Waals surface area contributed by atoms with Crippen LogP contribution < -0.4 is 15.4 Å². The monoisotopic (exact) mass is 333 g/mol. The van der Waals surface area contributed by atoms with Gasteiger partial charge in [0.15, 0.2) is 17.5 Å². The standard InChI is InChI=1S/C18H21F2N3O/c1-3-21-18(23-12-14-6-4-5-7-15(14)19)22-11-13-8-9-17(24-2)16(20)10-13/h4-10H,3,11-12H2,1-2H3,(H2,21,22,23). The molecule has 0 aliphatic heterocycles. The quantitative estimate of drug-likeness (QED) is 0.630. The fourth-order valence-electron chi connectivity index (χ4n) is 2.14. The maximum atomic E-state index is 13.7. The van der Waals surface area contributed by atoms with E-state index in [1.807, 2.05) is 6.92 Å². The lowest BCUT2D eigenvalue weighted by Gasteiger charge is -2.12. The molecule has 128 valence electrons. The van der Waals surface area contributed by atoms with Gasteiger partial charge in [-0.1, -0.05) is 24.3 Å². The van der Waals surface area contributed by atoms with Crippen molar-refractivity contribution >= 4 is 5.96 Å². The number of hydrogen-bond donors (Lipinski definition) is 2. The van der Waals surface area contributed by atoms with Gasteiger partial charge < -0.3 is 15.4 Å². The number of rotatable bonds is 6. The molecule has 0 spiro atoms. The average molecular weight is 333 g/mol. The third-order valence-electron chi connectivity index (χ3n) is 3.38. The highest BCUT2D eigenvalue weighted by atomic mass is 19.1. The van der Waals surface area contributed by atoms with Crippen LogP contribution in [0.15, 0.2) is 47.5 Å². The van der Waals surface area contributed by atoms with Crippen LogP contribution in [-0.2, 0) is 13.1 Å². The maximum absolute atomic E-state index is 13.7. The van der Waals surface area contributed by atoms with Crippen molar-refractivity contribution in [3.05, 3.63) is 65.2 Å². The number of guanidine groups is 1. The SMILES string of the molecule is CCNC(=NCc1ccc(OC)c(F)c1)NCc1ccccc1F. The third kappa shape index (κ3) is 4.94. The first-order chi connectivity index (χ1) is 11.6. The topological polar surface area (TPSA) is 45.7 Å². The summed E-state index contributed by atoms with van der Waals surface area (Å²) < 4.78 is 32.2. The highest BCUT2D eigenvalue weighted by Gasteiger charge is 2.05. The number of nitrogens with one attached hydrogen (secondary N) is 2. The summed E-state index contributed by atoms with van der Waals surface area (Å²) in [6, 6.07) is 11.3. The molecule has 0 saturated heterocycles. The van der Waals surface area contributed by atoms with Crippen molar-refractivity contribution in [1.29, 1.82) is 0 Å². The molecule has 2 N–H and O–H groups in total. The Morgan fingerprint density at radius 2 is 1.88 bits per heavy atom. The fourth-order valence-corrected chi connectivity index (χ4v) is 2.14. The summed E-state index contributed by atoms with van der Waals surface area (Å²) >= 11 is 0. The summed E-state index contributed by atoms with van der Waals surface area (Å²) in [4.78, 5) is 4.39. The molecule has 0 atom stereocenters. The van der Waals surface area contributed by atoms with Crippen molar-refractivity contribution < 1.29 is 13.5 Å². The summed E-state index contributed by atoms with van der Waals surface area (Å²) in [5.74, 6) is 0.0527. The molecular weight excluding hydrogens is 312 g/mol. The second-order valence-corrected chi connectivity index (χ2v) is 5.11. The van der Waals surface area contributed by atoms with Crippen molar-refractivity contribution in [3.8, 4) is 5.75 Å². The summed E-state index contributed by atoms with van der Waals surface area (Å²) in [7, 11) is 1.42. The number of aliphatic imine (C=N–C) groups is 1. The predicted molar refractivity (Wildman–Crippen MR) is 91.0 cm³/mol. The van der Waals surface area contributed by atoms with Crippen LogP contribution in [0.2, 0.25) is 0 Å². The molecule has 0 heterocycles. The molecule has 2 rings (SSSR count). The minimum atomic E-state index is -0.422. The minimum absolute atomic E-state index is 0.201. The van der Waals surface area contributed by atoms with Crippen LogP contribution in [0.5, 0.6) is 5.75 Å². The van der Waals surface area contributed by atoms with Crippen molar-refractivity contribution in [2.45, 2.75) is 20.0 Å². The molecule has 24 heavy (non-hydrogen) atoms. The van der Waals surface area contributed by atoms with Gasteiger partial charge in [0, 0.05) is 18.7 Å². The number of nitrogens with zero attached hydrogens (tertiary/aromatic N) is 1. The Morgan fingerprint density at radius 1 is 1.08 bits per heavy atom. The molecule has 0 unspecified atom stereocenters. The summed E-state index contributed by atoms with van der Waals surface area (Å²) in [6.45, 7) is 3.22. The number of halogens is 2. The molecule has 0 radical (unpaired) electrons. The van der Waals surface area contributed by atoms with E-state index in [9.17, 15) is 8.78 Å². The smallest absolute Gasteiger partial charge is 0.191 e. The van der Waals surface area contributed by atoms with Gasteiger partial charge in [0.25, 0.3) is 0 Å². The van der Waals surface area contributed by atoms with E-state index in [4.69, 9.17) is 4.74 Å². The Kier molecular flexibility index (Phi) is 6.54. The van der Waals surface area contributed by atoms with Crippen LogP contribution in [0.3, 0.4) is 0 Å². The van der Waals surface area contributed by atoms with Crippen molar-refractivity contribution in [2.75, 3.05) is 13.7 Å². The van der Waals surface area contributed by atoms with E-state index in [0.29, 0.717) is 31.2 Å². The van der Waals surface area contributed by atoms with E-state index >= 15 is 0 Å². The van der Waals surface area contributed by atoms with E-state index in [1.54, 1.807) is 30.3 Å². The van der Waals surface area contributed by atoms with Crippen molar-refractivity contribution in [3.63, 3.8) is 0 Å². The van der Waals surface area contributed by atoms with Gasteiger partial charge in [0.2, 0.25) is 0 Å². The highest BCUT2D eigenvalue weighted by molar-refractivity contribution is 5.79. The summed E-state index contributed by atoms with van der Waals surface area (Å²) in [6.07, 6.45) is 0. The van der Waals surface area contributed by atoms with Crippen LogP contribution in [0, 0.1) is 11.6 Å². The van der Waals surface area contributed by atoms with Gasteiger partial charge in [-0.3, -0.25) is 0 Å². The minimum Gasteiger partial charge on any atom is -0.494 e. The van der Waals surface area contributed by atoms with Crippen molar-refractivity contribution in [1.82, 2.24) is 10.6 Å². The zero-order chi connectivity index (χ0) is 17.4. The zero-order valence-corrected chi connectivity index (χ0v) is 13.8. The van der Waals surface area contributed by atoms with E-state index < -0.39 is 5.82 Å². The number of ether oxygens (including phenoxy) is 1. The van der Waals surface area contributed by atoms with E-state index in [0.717, 1.165) is 5.56 Å². The van der Waals surface area contributed by atoms with Crippen LogP contribution in [0.25, 0.3) is 0 Å². The molecule has 0 amide bonds. The van der Waals surface area contributed by atoms with E-state index in [1.165, 1.54) is 19.2 Å². The second kappa shape index (κ2) is 8.86. The Balaban J connectivity index is 2.02. The van der Waals surface area contributed by atoms with Gasteiger partial charge in [0.05, 0.1) is 13.7 Å². The molecule has 2 aromatic carbocycles. The Morgan fingerprint density at radius 3 is 2.54 bits per heavy atom. The molecule has 4 nitrogen and oxygen atoms in total. The molecule has 0 bridgehead atoms. The zero-order valence-electron chi connectivity index (χ0n) is 13.8. The van der Waals surface area contributed by atoms with Gasteiger partial charge >= 0.3 is 0 Å². The normalized spacial score (nSPS) is 11.2. The van der Waals surface area contributed by atoms with E-state index in [-0.39, 0.29) is 11.6 Å². The van der Waals surface area contributed by atoms with Crippen LogP contribution in [0.1, 0.15) is 18.1 Å². The van der Waals surface area contributed by atoms with Crippen LogP contribution in [-0.4, -0.2) is 19.6 Å². The van der Waals surface area contributed by atoms with Crippen LogP contribution >= 0.6 is 0 Å². The molecule has 0 aliphatic rings. The largest absolute Gasteiger partial charge is 0.494 e. The lowest BCUT2D eigenvalue weighted by molar-refractivity contribution is 0.386. The van der Waals surface area contributed by atoms with Crippen molar-refractivity contribution in [2.24, 2.45) is 4.99 Å². The van der Waals surface area contributed by atoms with Gasteiger partial charge in [-0.15, -0.1) is 0 Å². The van der Waals surface area contributed by atoms with Crippen LogP contribution in [0.4, 0.5) is 8.78 Å². The average Bonchev–Trinajstić information content (AvgIpc) is 2.58. The number of methoxy groups -OCH3 is 1. The molecule has 0 aromatic heterocycles. The summed E-state index contributed by atoms with van der Waals surface area (Å²) in [5, 5.41) is 6.14. The van der Waals surface area contributed by atoms with Gasteiger partial charge in [0.1, 0.15) is 5.82 Å². The lowest BCUT2D eigenvalue weighted by Crippen LogP contribution is -2.37. The van der Waals surface area contributed by atoms with Gasteiger partial charge in [-0.05, 0) is 30.7 Å². The maximum Gasteiger partial charge on any atom is 0.191 e. The number of hydrogen-bond acceptors (Lipinski definition) is 2. The molecule has 0 saturated carbocycles. The molecule has 0 aliphatic carbocycles. The predicted octanol–water partition coefficient (Wildman–Crippen LogP) is 3.23. The molecule has 0 fully saturated rings. The first-order valence-electron chi connectivity index (χ1n) is 7.72. The molecule has 6 heteroatoms. The Labute approximate surface area is 140 Å². The van der Waals surface area contributed by atoms with Gasteiger partial charge in [-0.25, -0.2) is 13.8 Å². The lowest BCUT2D eigenvalue weighted by atomic mass is 10.2. The van der Waals surface area contributed by atoms with E-state index in [2.05, 4.69) is 15.6 Å². The summed E-state index contributed by atoms with van der Waals surface area (Å²) in [5.41, 5.74) is 1.27. The molecular formula is C18H21F2N3O. The second-order valence-electron chi connectivity index (χ2n) is 5.11. The number of benzene rings is 2. The third-order valence-corrected chi connectivity index (χ3v) is 3.38. The first kappa shape index (κ1) is 17.7. The highest BCUT2D eigenvalue weighted by Crippen LogP contribution is 2.18. The fraction of sp³-hybridized carbons (Fsp3) is 0.278. The first-order valence-corrected chi connectivity index (χ1v) is 7.72.